The Hall–Kier alpha value is -2.09. The smallest absolute Gasteiger partial charge is 0.0939 e. The van der Waals surface area contributed by atoms with Gasteiger partial charge in [0.25, 0.3) is 0 Å². The van der Waals surface area contributed by atoms with Crippen molar-refractivity contribution in [2.75, 3.05) is 0 Å². The summed E-state index contributed by atoms with van der Waals surface area (Å²) < 4.78 is -0.458. The lowest BCUT2D eigenvalue weighted by Crippen LogP contribution is -2.03. The number of thiol groups is 1. The van der Waals surface area contributed by atoms with Gasteiger partial charge in [0.15, 0.2) is 0 Å². The topological polar surface area (TPSA) is 36.7 Å². The molecule has 0 unspecified atom stereocenters. The lowest BCUT2D eigenvalue weighted by atomic mass is 10.1. The second-order valence-electron chi connectivity index (χ2n) is 5.43. The first-order valence-electron chi connectivity index (χ1n) is 7.19. The molecule has 0 bridgehead atoms. The Labute approximate surface area is 146 Å². The van der Waals surface area contributed by atoms with Gasteiger partial charge in [0.2, 0.25) is 0 Å². The fourth-order valence-electron chi connectivity index (χ4n) is 1.84. The van der Waals surface area contributed by atoms with Crippen LogP contribution in [0, 0.1) is 11.3 Å². The highest BCUT2D eigenvalue weighted by Gasteiger charge is 2.09. The monoisotopic (exact) mass is 338 g/mol. The maximum atomic E-state index is 8.08. The zero-order chi connectivity index (χ0) is 16.7. The average Bonchev–Trinajstić information content (AvgIpc) is 3.06. The fraction of sp³-hybridized carbons (Fsp3) is 0.158. The zero-order valence-electron chi connectivity index (χ0n) is 13.1. The van der Waals surface area contributed by atoms with Gasteiger partial charge in [0.05, 0.1) is 26.9 Å². The van der Waals surface area contributed by atoms with Crippen molar-refractivity contribution in [1.82, 2.24) is 4.98 Å². The van der Waals surface area contributed by atoms with E-state index in [2.05, 4.69) is 54.0 Å². The van der Waals surface area contributed by atoms with Gasteiger partial charge in [0.1, 0.15) is 0 Å². The summed E-state index contributed by atoms with van der Waals surface area (Å²) in [5.41, 5.74) is 5.38. The molecule has 0 saturated carbocycles. The Morgan fingerprint density at radius 3 is 1.91 bits per heavy atom. The van der Waals surface area contributed by atoms with Crippen molar-refractivity contribution in [1.29, 1.82) is 5.26 Å². The van der Waals surface area contributed by atoms with Gasteiger partial charge in [-0.2, -0.15) is 17.9 Å². The third-order valence-corrected chi connectivity index (χ3v) is 3.90. The van der Waals surface area contributed by atoms with E-state index in [1.807, 2.05) is 35.8 Å². The summed E-state index contributed by atoms with van der Waals surface area (Å²) in [7, 11) is 0. The van der Waals surface area contributed by atoms with Crippen LogP contribution in [-0.4, -0.2) is 9.73 Å². The zero-order valence-corrected chi connectivity index (χ0v) is 14.8. The summed E-state index contributed by atoms with van der Waals surface area (Å²) in [5.74, 6) is 0. The molecule has 0 aliphatic heterocycles. The number of nitrogens with zero attached hydrogens (tertiary/aromatic N) is 2. The Bertz CT molecular complexity index is 712. The molecule has 4 heteroatoms. The molecule has 0 amide bonds. The van der Waals surface area contributed by atoms with Gasteiger partial charge >= 0.3 is 0 Å². The Morgan fingerprint density at radius 1 is 0.957 bits per heavy atom. The molecule has 0 spiro atoms. The van der Waals surface area contributed by atoms with Gasteiger partial charge in [-0.3, -0.25) is 0 Å². The molecule has 0 fully saturated rings. The van der Waals surface area contributed by atoms with Crippen molar-refractivity contribution in [2.24, 2.45) is 0 Å². The number of nitriles is 1. The summed E-state index contributed by atoms with van der Waals surface area (Å²) in [6.07, 6.45) is 0. The quantitative estimate of drug-likeness (QED) is 0.609. The van der Waals surface area contributed by atoms with Gasteiger partial charge in [-0.05, 0) is 19.4 Å². The van der Waals surface area contributed by atoms with Crippen molar-refractivity contribution in [3.05, 3.63) is 66.2 Å². The molecular weight excluding hydrogens is 320 g/mol. The van der Waals surface area contributed by atoms with Crippen LogP contribution >= 0.6 is 24.0 Å². The molecular formula is C19H18N2S2. The van der Waals surface area contributed by atoms with Crippen LogP contribution in [0.15, 0.2) is 66.2 Å². The van der Waals surface area contributed by atoms with Crippen molar-refractivity contribution in [3.63, 3.8) is 0 Å². The van der Waals surface area contributed by atoms with Gasteiger partial charge in [0, 0.05) is 5.56 Å². The molecule has 0 saturated heterocycles. The molecule has 2 aromatic carbocycles. The maximum Gasteiger partial charge on any atom is 0.0939 e. The van der Waals surface area contributed by atoms with Gasteiger partial charge < -0.3 is 0 Å². The van der Waals surface area contributed by atoms with Gasteiger partial charge in [-0.15, -0.1) is 11.3 Å². The van der Waals surface area contributed by atoms with Crippen LogP contribution < -0.4 is 0 Å². The maximum absolute atomic E-state index is 8.08. The molecule has 0 aliphatic carbocycles. The summed E-state index contributed by atoms with van der Waals surface area (Å²) >= 11 is 5.58. The second kappa shape index (κ2) is 7.96. The molecule has 3 aromatic rings. The van der Waals surface area contributed by atoms with E-state index in [1.54, 1.807) is 25.2 Å². The minimum absolute atomic E-state index is 0.458. The summed E-state index contributed by atoms with van der Waals surface area (Å²) in [6, 6.07) is 22.7. The fourth-order valence-corrected chi connectivity index (χ4v) is 2.66. The molecule has 0 aliphatic rings. The van der Waals surface area contributed by atoms with E-state index in [4.69, 9.17) is 5.26 Å². The standard InChI is InChI=1S/C15H11NS.C4H7NS/c1-3-7-12(8-4-1)14-15(17-11-16-14)13-9-5-2-6-10-13;1-4(2,6)3-5/h1-11H;6H,1-2H3. The van der Waals surface area contributed by atoms with Gasteiger partial charge in [-0.25, -0.2) is 4.98 Å². The molecule has 23 heavy (non-hydrogen) atoms. The van der Waals surface area contributed by atoms with Crippen LogP contribution in [0.25, 0.3) is 21.7 Å². The van der Waals surface area contributed by atoms with E-state index >= 15 is 0 Å². The number of hydrogen-bond donors (Lipinski definition) is 1. The van der Waals surface area contributed by atoms with Gasteiger partial charge in [-0.1, -0.05) is 60.7 Å². The third-order valence-electron chi connectivity index (χ3n) is 2.92. The number of rotatable bonds is 2. The molecule has 116 valence electrons. The van der Waals surface area contributed by atoms with E-state index in [-0.39, 0.29) is 0 Å². The van der Waals surface area contributed by atoms with Crippen LogP contribution in [0.3, 0.4) is 0 Å². The van der Waals surface area contributed by atoms with E-state index in [1.165, 1.54) is 16.0 Å². The molecule has 1 aromatic heterocycles. The molecule has 2 nitrogen and oxygen atoms in total. The van der Waals surface area contributed by atoms with Crippen molar-refractivity contribution >= 4 is 24.0 Å². The molecule has 3 rings (SSSR count). The minimum atomic E-state index is -0.458. The van der Waals surface area contributed by atoms with Crippen molar-refractivity contribution in [2.45, 2.75) is 18.6 Å². The highest BCUT2D eigenvalue weighted by molar-refractivity contribution is 7.82. The molecule has 0 N–H and O–H groups in total. The third kappa shape index (κ3) is 5.24. The largest absolute Gasteiger partial charge is 0.244 e. The SMILES string of the molecule is CC(C)(S)C#N.c1ccc(-c2ncsc2-c2ccccc2)cc1. The molecule has 0 atom stereocenters. The van der Waals surface area contributed by atoms with Crippen molar-refractivity contribution in [3.8, 4) is 27.8 Å². The van der Waals surface area contributed by atoms with Crippen LogP contribution in [0.4, 0.5) is 0 Å². The van der Waals surface area contributed by atoms with E-state index in [9.17, 15) is 0 Å². The normalized spacial score (nSPS) is 10.3. The van der Waals surface area contributed by atoms with E-state index in [0.717, 1.165) is 5.69 Å². The molecule has 1 heterocycles. The van der Waals surface area contributed by atoms with Crippen LogP contribution in [0.1, 0.15) is 13.8 Å². The Kier molecular flexibility index (Phi) is 5.97. The molecule has 0 radical (unpaired) electrons. The van der Waals surface area contributed by atoms with Crippen LogP contribution in [0.2, 0.25) is 0 Å². The minimum Gasteiger partial charge on any atom is -0.244 e. The van der Waals surface area contributed by atoms with Crippen LogP contribution in [-0.2, 0) is 0 Å². The first kappa shape index (κ1) is 17.3. The summed E-state index contributed by atoms with van der Waals surface area (Å²) in [5, 5.41) is 8.08. The number of hydrogen-bond acceptors (Lipinski definition) is 4. The lowest BCUT2D eigenvalue weighted by molar-refractivity contribution is 0.924. The van der Waals surface area contributed by atoms with Crippen molar-refractivity contribution < 1.29 is 0 Å². The predicted molar refractivity (Wildman–Crippen MR) is 102 cm³/mol. The number of aromatic nitrogens is 1. The van der Waals surface area contributed by atoms with E-state index in [0.29, 0.717) is 0 Å². The average molecular weight is 339 g/mol. The second-order valence-corrected chi connectivity index (χ2v) is 7.41. The number of thiazole rings is 1. The lowest BCUT2D eigenvalue weighted by Gasteiger charge is -2.02. The summed E-state index contributed by atoms with van der Waals surface area (Å²) in [4.78, 5) is 5.71. The van der Waals surface area contributed by atoms with Crippen LogP contribution in [0.5, 0.6) is 0 Å². The number of benzene rings is 2. The Morgan fingerprint density at radius 2 is 1.43 bits per heavy atom. The highest BCUT2D eigenvalue weighted by Crippen LogP contribution is 2.34. The first-order valence-corrected chi connectivity index (χ1v) is 8.52. The predicted octanol–water partition coefficient (Wildman–Crippen LogP) is 5.70. The first-order chi connectivity index (χ1) is 11.0. The Balaban J connectivity index is 0.000000277. The highest BCUT2D eigenvalue weighted by atomic mass is 32.1. The summed E-state index contributed by atoms with van der Waals surface area (Å²) in [6.45, 7) is 3.49. The van der Waals surface area contributed by atoms with E-state index < -0.39 is 4.75 Å².